The van der Waals surface area contributed by atoms with Crippen molar-refractivity contribution in [1.29, 1.82) is 0 Å². The van der Waals surface area contributed by atoms with Gasteiger partial charge in [0.1, 0.15) is 15.7 Å². The number of methoxy groups -OCH3 is 1. The fourth-order valence-corrected chi connectivity index (χ4v) is 6.95. The normalized spacial score (nSPS) is 20.9. The summed E-state index contributed by atoms with van der Waals surface area (Å²) in [4.78, 5) is 32.8. The third-order valence-electron chi connectivity index (χ3n) is 7.13. The van der Waals surface area contributed by atoms with E-state index in [1.807, 2.05) is 0 Å². The van der Waals surface area contributed by atoms with Crippen molar-refractivity contribution >= 4 is 44.7 Å². The topological polar surface area (TPSA) is 93.6 Å². The molecule has 2 aromatic carbocycles. The monoisotopic (exact) mass is 576 g/mol. The molecule has 0 saturated carbocycles. The Labute approximate surface area is 229 Å². The SMILES string of the molecule is CO[C@]1(c2ccc(Cl)cc2)c2c(F)cc(C(=O)C3CCS(=O)(=O)CC3)cc2C(=O)N1Cc1ccc(Cl)cn1. The van der Waals surface area contributed by atoms with Gasteiger partial charge in [-0.25, -0.2) is 12.8 Å². The van der Waals surface area contributed by atoms with E-state index in [2.05, 4.69) is 4.98 Å². The van der Waals surface area contributed by atoms with E-state index in [1.165, 1.54) is 24.3 Å². The number of sulfone groups is 1. The smallest absolute Gasteiger partial charge is 0.257 e. The molecule has 1 aromatic heterocycles. The number of carbonyl (C=O) groups excluding carboxylic acids is 2. The van der Waals surface area contributed by atoms with Crippen LogP contribution in [0.1, 0.15) is 50.4 Å². The largest absolute Gasteiger partial charge is 0.350 e. The van der Waals surface area contributed by atoms with E-state index in [9.17, 15) is 18.0 Å². The van der Waals surface area contributed by atoms with E-state index in [0.717, 1.165) is 6.07 Å². The quantitative estimate of drug-likeness (QED) is 0.382. The molecule has 198 valence electrons. The molecule has 1 saturated heterocycles. The van der Waals surface area contributed by atoms with Gasteiger partial charge in [-0.05, 0) is 49.2 Å². The summed E-state index contributed by atoms with van der Waals surface area (Å²) in [7, 11) is -1.80. The molecular weight excluding hydrogens is 554 g/mol. The summed E-state index contributed by atoms with van der Waals surface area (Å²) < 4.78 is 45.6. The highest BCUT2D eigenvalue weighted by atomic mass is 35.5. The zero-order valence-corrected chi connectivity index (χ0v) is 22.6. The van der Waals surface area contributed by atoms with Crippen LogP contribution in [-0.2, 0) is 26.8 Å². The molecule has 2 aliphatic rings. The van der Waals surface area contributed by atoms with Gasteiger partial charge >= 0.3 is 0 Å². The maximum atomic E-state index is 16.0. The average molecular weight is 577 g/mol. The minimum atomic E-state index is -3.18. The number of ether oxygens (including phenoxy) is 1. The van der Waals surface area contributed by atoms with Crippen LogP contribution in [0.2, 0.25) is 10.0 Å². The van der Waals surface area contributed by atoms with Crippen molar-refractivity contribution in [2.24, 2.45) is 5.92 Å². The minimum Gasteiger partial charge on any atom is -0.350 e. The predicted octanol–water partition coefficient (Wildman–Crippen LogP) is 5.04. The number of ketones is 1. The molecule has 11 heteroatoms. The van der Waals surface area contributed by atoms with Gasteiger partial charge in [0.05, 0.1) is 39.9 Å². The number of amides is 1. The van der Waals surface area contributed by atoms with Crippen LogP contribution < -0.4 is 0 Å². The highest BCUT2D eigenvalue weighted by molar-refractivity contribution is 7.91. The Morgan fingerprint density at radius 2 is 1.76 bits per heavy atom. The molecule has 1 amide bonds. The Kier molecular flexibility index (Phi) is 7.06. The molecule has 3 heterocycles. The lowest BCUT2D eigenvalue weighted by Crippen LogP contribution is -2.46. The lowest BCUT2D eigenvalue weighted by Gasteiger charge is -2.38. The second-order valence-electron chi connectivity index (χ2n) is 9.39. The number of aromatic nitrogens is 1. The molecule has 0 bridgehead atoms. The minimum absolute atomic E-state index is 0.0115. The van der Waals surface area contributed by atoms with Crippen LogP contribution in [0, 0.1) is 11.7 Å². The molecule has 1 fully saturated rings. The second kappa shape index (κ2) is 10.0. The van der Waals surface area contributed by atoms with Crippen LogP contribution in [-0.4, -0.2) is 48.6 Å². The lowest BCUT2D eigenvalue weighted by atomic mass is 9.88. The van der Waals surface area contributed by atoms with Gasteiger partial charge in [-0.2, -0.15) is 0 Å². The number of benzene rings is 2. The average Bonchev–Trinajstić information content (AvgIpc) is 3.14. The number of nitrogens with zero attached hydrogens (tertiary/aromatic N) is 2. The fourth-order valence-electron chi connectivity index (χ4n) is 5.22. The number of halogens is 3. The summed E-state index contributed by atoms with van der Waals surface area (Å²) in [6.07, 6.45) is 1.77. The van der Waals surface area contributed by atoms with Crippen LogP contribution >= 0.6 is 23.2 Å². The van der Waals surface area contributed by atoms with Crippen molar-refractivity contribution in [3.8, 4) is 0 Å². The Hall–Kier alpha value is -2.85. The fraction of sp³-hybridized carbons (Fsp3) is 0.296. The first-order valence-electron chi connectivity index (χ1n) is 11.9. The van der Waals surface area contributed by atoms with Crippen molar-refractivity contribution in [1.82, 2.24) is 9.88 Å². The lowest BCUT2D eigenvalue weighted by molar-refractivity contribution is -0.0885. The predicted molar refractivity (Wildman–Crippen MR) is 140 cm³/mol. The van der Waals surface area contributed by atoms with Gasteiger partial charge in [0.2, 0.25) is 0 Å². The van der Waals surface area contributed by atoms with E-state index >= 15 is 4.39 Å². The van der Waals surface area contributed by atoms with Crippen LogP contribution in [0.5, 0.6) is 0 Å². The molecule has 5 rings (SSSR count). The Morgan fingerprint density at radius 1 is 1.11 bits per heavy atom. The second-order valence-corrected chi connectivity index (χ2v) is 12.6. The molecule has 0 radical (unpaired) electrons. The van der Waals surface area contributed by atoms with Gasteiger partial charge in [-0.15, -0.1) is 0 Å². The van der Waals surface area contributed by atoms with E-state index in [0.29, 0.717) is 21.3 Å². The van der Waals surface area contributed by atoms with Gasteiger partial charge in [0.15, 0.2) is 11.5 Å². The number of hydrogen-bond donors (Lipinski definition) is 0. The molecule has 0 N–H and O–H groups in total. The van der Waals surface area contributed by atoms with Gasteiger partial charge < -0.3 is 4.74 Å². The van der Waals surface area contributed by atoms with Gasteiger partial charge in [0, 0.05) is 35.4 Å². The highest BCUT2D eigenvalue weighted by Crippen LogP contribution is 2.47. The van der Waals surface area contributed by atoms with E-state index in [1.54, 1.807) is 36.4 Å². The first-order chi connectivity index (χ1) is 18.1. The summed E-state index contributed by atoms with van der Waals surface area (Å²) in [5.41, 5.74) is -0.729. The molecule has 1 atom stereocenters. The van der Waals surface area contributed by atoms with Crippen molar-refractivity contribution in [3.63, 3.8) is 0 Å². The number of pyridine rings is 1. The molecule has 38 heavy (non-hydrogen) atoms. The van der Waals surface area contributed by atoms with Crippen LogP contribution in [0.25, 0.3) is 0 Å². The highest BCUT2D eigenvalue weighted by Gasteiger charge is 2.54. The molecular formula is C27H23Cl2FN2O5S. The molecule has 0 aliphatic carbocycles. The van der Waals surface area contributed by atoms with Gasteiger partial charge in [0.25, 0.3) is 5.91 Å². The van der Waals surface area contributed by atoms with E-state index < -0.39 is 33.2 Å². The number of Topliss-reactive ketones (excluding diaryl/α,β-unsaturated/α-hetero) is 1. The Bertz CT molecular complexity index is 1520. The first kappa shape index (κ1) is 26.7. The molecule has 0 unspecified atom stereocenters. The van der Waals surface area contributed by atoms with E-state index in [4.69, 9.17) is 27.9 Å². The van der Waals surface area contributed by atoms with Gasteiger partial charge in [-0.3, -0.25) is 19.5 Å². The van der Waals surface area contributed by atoms with Crippen LogP contribution in [0.4, 0.5) is 4.39 Å². The summed E-state index contributed by atoms with van der Waals surface area (Å²) in [5.74, 6) is -2.48. The third-order valence-corrected chi connectivity index (χ3v) is 9.33. The van der Waals surface area contributed by atoms with Crippen molar-refractivity contribution in [2.45, 2.75) is 25.1 Å². The zero-order chi connectivity index (χ0) is 27.2. The number of hydrogen-bond acceptors (Lipinski definition) is 6. The summed E-state index contributed by atoms with van der Waals surface area (Å²) in [6.45, 7) is -0.0373. The Morgan fingerprint density at radius 3 is 2.37 bits per heavy atom. The van der Waals surface area contributed by atoms with Crippen LogP contribution in [0.3, 0.4) is 0 Å². The Balaban J connectivity index is 1.62. The molecule has 2 aliphatic heterocycles. The standard InChI is InChI=1S/C27H23Cl2FN2O5S/c1-37-27(18-2-4-19(28)5-3-18)24-22(26(34)32(27)15-21-7-6-20(29)14-31-21)12-17(13-23(24)30)25(33)16-8-10-38(35,36)11-9-16/h2-7,12-14,16H,8-11,15H2,1H3/t27-/m1/s1. The number of fused-ring (bicyclic) bond motifs is 1. The maximum Gasteiger partial charge on any atom is 0.257 e. The summed E-state index contributed by atoms with van der Waals surface area (Å²) in [5, 5.41) is 0.872. The number of carbonyl (C=O) groups is 2. The third kappa shape index (κ3) is 4.62. The van der Waals surface area contributed by atoms with Crippen molar-refractivity contribution in [3.05, 3.63) is 98.5 Å². The molecule has 7 nitrogen and oxygen atoms in total. The maximum absolute atomic E-state index is 16.0. The molecule has 0 spiro atoms. The molecule has 3 aromatic rings. The van der Waals surface area contributed by atoms with Gasteiger partial charge in [-0.1, -0.05) is 35.3 Å². The van der Waals surface area contributed by atoms with Crippen molar-refractivity contribution in [2.75, 3.05) is 18.6 Å². The summed E-state index contributed by atoms with van der Waals surface area (Å²) >= 11 is 12.1. The number of rotatable bonds is 6. The van der Waals surface area contributed by atoms with Crippen LogP contribution in [0.15, 0.2) is 54.7 Å². The first-order valence-corrected chi connectivity index (χ1v) is 14.5. The summed E-state index contributed by atoms with van der Waals surface area (Å²) in [6, 6.07) is 12.3. The van der Waals surface area contributed by atoms with E-state index in [-0.39, 0.29) is 53.4 Å². The van der Waals surface area contributed by atoms with Crippen molar-refractivity contribution < 1.29 is 27.1 Å². The zero-order valence-electron chi connectivity index (χ0n) is 20.3.